The first kappa shape index (κ1) is 8.85. The van der Waals surface area contributed by atoms with Gasteiger partial charge in [-0.15, -0.1) is 0 Å². The number of alkyl halides is 1. The Kier molecular flexibility index (Phi) is 5.88. The zero-order valence-corrected chi connectivity index (χ0v) is 5.81. The molecule has 0 aliphatic rings. The van der Waals surface area contributed by atoms with Crippen molar-refractivity contribution in [2.75, 3.05) is 33.4 Å². The average Bonchev–Trinajstić information content (AvgIpc) is 1.85. The fourth-order valence-corrected chi connectivity index (χ4v) is 0.612. The van der Waals surface area contributed by atoms with Gasteiger partial charge in [0.05, 0.1) is 13.3 Å². The zero-order valence-electron chi connectivity index (χ0n) is 5.81. The maximum Gasteiger partial charge on any atom is 0.0906 e. The third kappa shape index (κ3) is 5.73. The summed E-state index contributed by atoms with van der Waals surface area (Å²) in [5, 5.41) is 8.40. The highest BCUT2D eigenvalue weighted by molar-refractivity contribution is 4.48. The molecule has 56 valence electrons. The fourth-order valence-electron chi connectivity index (χ4n) is 0.612. The Morgan fingerprint density at radius 1 is 1.44 bits per heavy atom. The zero-order chi connectivity index (χ0) is 7.11. The molecule has 0 bridgehead atoms. The van der Waals surface area contributed by atoms with E-state index < -0.39 is 0 Å². The van der Waals surface area contributed by atoms with Gasteiger partial charge in [-0.1, -0.05) is 0 Å². The number of rotatable bonds is 5. The number of halogens is 1. The maximum absolute atomic E-state index is 11.5. The molecule has 0 atom stereocenters. The molecule has 3 heteroatoms. The van der Waals surface area contributed by atoms with Crippen LogP contribution in [0.25, 0.3) is 0 Å². The Labute approximate surface area is 55.3 Å². The molecule has 9 heavy (non-hydrogen) atoms. The molecule has 0 aromatic carbocycles. The van der Waals surface area contributed by atoms with Crippen molar-refractivity contribution in [1.29, 1.82) is 0 Å². The normalized spacial score (nSPS) is 10.7. The Hall–Kier alpha value is -0.150. The summed E-state index contributed by atoms with van der Waals surface area (Å²) in [7, 11) is 1.87. The van der Waals surface area contributed by atoms with Crippen LogP contribution in [0, 0.1) is 0 Å². The van der Waals surface area contributed by atoms with Crippen LogP contribution in [-0.2, 0) is 0 Å². The van der Waals surface area contributed by atoms with Gasteiger partial charge >= 0.3 is 0 Å². The van der Waals surface area contributed by atoms with E-state index in [1.165, 1.54) is 0 Å². The van der Waals surface area contributed by atoms with Crippen LogP contribution in [0.4, 0.5) is 4.39 Å². The van der Waals surface area contributed by atoms with Gasteiger partial charge in [0.2, 0.25) is 0 Å². The lowest BCUT2D eigenvalue weighted by Gasteiger charge is -2.12. The van der Waals surface area contributed by atoms with Gasteiger partial charge in [0.15, 0.2) is 0 Å². The highest BCUT2D eigenvalue weighted by Gasteiger charge is 1.94. The standard InChI is InChI=1S/C6H14FNO/c1-8(5-6-9)4-2-3-7/h9H,2-6H2,1H3. The predicted molar refractivity (Wildman–Crippen MR) is 35.2 cm³/mol. The van der Waals surface area contributed by atoms with Crippen LogP contribution < -0.4 is 0 Å². The van der Waals surface area contributed by atoms with Crippen molar-refractivity contribution in [3.05, 3.63) is 0 Å². The highest BCUT2D eigenvalue weighted by Crippen LogP contribution is 1.86. The van der Waals surface area contributed by atoms with Crippen molar-refractivity contribution >= 4 is 0 Å². The summed E-state index contributed by atoms with van der Waals surface area (Å²) in [5.41, 5.74) is 0. The van der Waals surface area contributed by atoms with E-state index in [0.29, 0.717) is 13.0 Å². The van der Waals surface area contributed by atoms with Gasteiger partial charge in [-0.2, -0.15) is 0 Å². The van der Waals surface area contributed by atoms with Gasteiger partial charge in [-0.3, -0.25) is 4.39 Å². The van der Waals surface area contributed by atoms with Crippen LogP contribution in [0.2, 0.25) is 0 Å². The lowest BCUT2D eigenvalue weighted by atomic mass is 10.4. The summed E-state index contributed by atoms with van der Waals surface area (Å²) in [4.78, 5) is 1.90. The van der Waals surface area contributed by atoms with E-state index in [0.717, 1.165) is 6.54 Å². The molecule has 0 aliphatic heterocycles. The van der Waals surface area contributed by atoms with E-state index in [4.69, 9.17) is 5.11 Å². The van der Waals surface area contributed by atoms with Crippen molar-refractivity contribution in [3.63, 3.8) is 0 Å². The smallest absolute Gasteiger partial charge is 0.0906 e. The van der Waals surface area contributed by atoms with Crippen LogP contribution in [0.15, 0.2) is 0 Å². The summed E-state index contributed by atoms with van der Waals surface area (Å²) < 4.78 is 11.5. The van der Waals surface area contributed by atoms with Gasteiger partial charge in [-0.05, 0) is 13.5 Å². The minimum absolute atomic E-state index is 0.156. The Morgan fingerprint density at radius 3 is 2.56 bits per heavy atom. The number of nitrogens with zero attached hydrogens (tertiary/aromatic N) is 1. The van der Waals surface area contributed by atoms with Crippen molar-refractivity contribution in [2.45, 2.75) is 6.42 Å². The fraction of sp³-hybridized carbons (Fsp3) is 1.00. The van der Waals surface area contributed by atoms with Crippen LogP contribution >= 0.6 is 0 Å². The molecule has 0 spiro atoms. The van der Waals surface area contributed by atoms with Crippen molar-refractivity contribution < 1.29 is 9.50 Å². The molecule has 0 heterocycles. The highest BCUT2D eigenvalue weighted by atomic mass is 19.1. The molecule has 0 unspecified atom stereocenters. The molecular formula is C6H14FNO. The largest absolute Gasteiger partial charge is 0.395 e. The minimum Gasteiger partial charge on any atom is -0.395 e. The number of aliphatic hydroxyl groups excluding tert-OH is 1. The second kappa shape index (κ2) is 5.98. The van der Waals surface area contributed by atoms with Crippen LogP contribution in [-0.4, -0.2) is 43.4 Å². The number of likely N-dealkylation sites (N-methyl/N-ethyl adjacent to an activating group) is 1. The first-order valence-corrected chi connectivity index (χ1v) is 3.16. The number of hydrogen-bond acceptors (Lipinski definition) is 2. The third-order valence-electron chi connectivity index (χ3n) is 1.16. The van der Waals surface area contributed by atoms with Crippen molar-refractivity contribution in [1.82, 2.24) is 4.90 Å². The van der Waals surface area contributed by atoms with E-state index in [-0.39, 0.29) is 13.3 Å². The summed E-state index contributed by atoms with van der Waals surface area (Å²) in [6, 6.07) is 0. The van der Waals surface area contributed by atoms with Crippen LogP contribution in [0.1, 0.15) is 6.42 Å². The molecular weight excluding hydrogens is 121 g/mol. The molecule has 0 radical (unpaired) electrons. The lowest BCUT2D eigenvalue weighted by molar-refractivity contribution is 0.216. The molecule has 0 saturated heterocycles. The number of hydrogen-bond donors (Lipinski definition) is 1. The topological polar surface area (TPSA) is 23.5 Å². The molecule has 0 fully saturated rings. The van der Waals surface area contributed by atoms with Crippen LogP contribution in [0.3, 0.4) is 0 Å². The van der Waals surface area contributed by atoms with E-state index in [9.17, 15) is 4.39 Å². The van der Waals surface area contributed by atoms with Gasteiger partial charge in [-0.25, -0.2) is 0 Å². The predicted octanol–water partition coefficient (Wildman–Crippen LogP) is 0.270. The molecule has 0 aromatic heterocycles. The summed E-state index contributed by atoms with van der Waals surface area (Å²) in [6.07, 6.45) is 0.566. The minimum atomic E-state index is -0.268. The molecule has 1 N–H and O–H groups in total. The average molecular weight is 135 g/mol. The van der Waals surface area contributed by atoms with E-state index in [1.807, 2.05) is 11.9 Å². The van der Waals surface area contributed by atoms with Crippen molar-refractivity contribution in [3.8, 4) is 0 Å². The van der Waals surface area contributed by atoms with E-state index in [1.54, 1.807) is 0 Å². The summed E-state index contributed by atoms with van der Waals surface area (Å²) in [6.45, 7) is 1.26. The van der Waals surface area contributed by atoms with E-state index in [2.05, 4.69) is 0 Å². The first-order chi connectivity index (χ1) is 4.31. The molecule has 0 aliphatic carbocycles. The third-order valence-corrected chi connectivity index (χ3v) is 1.16. The first-order valence-electron chi connectivity index (χ1n) is 3.16. The van der Waals surface area contributed by atoms with Crippen LogP contribution in [0.5, 0.6) is 0 Å². The van der Waals surface area contributed by atoms with Crippen molar-refractivity contribution in [2.24, 2.45) is 0 Å². The van der Waals surface area contributed by atoms with Gasteiger partial charge in [0.25, 0.3) is 0 Å². The molecule has 0 amide bonds. The second-order valence-corrected chi connectivity index (χ2v) is 2.07. The maximum atomic E-state index is 11.5. The quantitative estimate of drug-likeness (QED) is 0.585. The Morgan fingerprint density at radius 2 is 2.11 bits per heavy atom. The second-order valence-electron chi connectivity index (χ2n) is 2.07. The molecule has 2 nitrogen and oxygen atoms in total. The van der Waals surface area contributed by atoms with Gasteiger partial charge < -0.3 is 10.0 Å². The summed E-state index contributed by atoms with van der Waals surface area (Å²) in [5.74, 6) is 0. The Balaban J connectivity index is 2.95. The molecule has 0 rings (SSSR count). The molecule has 0 saturated carbocycles. The van der Waals surface area contributed by atoms with Gasteiger partial charge in [0, 0.05) is 13.1 Å². The Bertz CT molecular complexity index is 61.0. The summed E-state index contributed by atoms with van der Waals surface area (Å²) >= 11 is 0. The van der Waals surface area contributed by atoms with E-state index >= 15 is 0 Å². The SMILES string of the molecule is CN(CCO)CCCF. The monoisotopic (exact) mass is 135 g/mol. The molecule has 0 aromatic rings. The van der Waals surface area contributed by atoms with Gasteiger partial charge in [0.1, 0.15) is 0 Å². The lowest BCUT2D eigenvalue weighted by Crippen LogP contribution is -2.23. The number of aliphatic hydroxyl groups is 1.